The average Bonchev–Trinajstić information content (AvgIpc) is 2.53. The van der Waals surface area contributed by atoms with Gasteiger partial charge in [-0.3, -0.25) is 14.9 Å². The SMILES string of the molecule is COc1ccc(/C=C/C(=O)c2ccc(C)c([N+](=O)[O-])c2)cc1. The number of nitrogens with zero attached hydrogens (tertiary/aromatic N) is 1. The Morgan fingerprint density at radius 1 is 1.18 bits per heavy atom. The number of methoxy groups -OCH3 is 1. The molecule has 0 aliphatic rings. The van der Waals surface area contributed by atoms with Crippen LogP contribution in [0.25, 0.3) is 6.08 Å². The maximum atomic E-state index is 12.1. The summed E-state index contributed by atoms with van der Waals surface area (Å²) >= 11 is 0. The lowest BCUT2D eigenvalue weighted by molar-refractivity contribution is -0.385. The molecule has 0 unspecified atom stereocenters. The number of rotatable bonds is 5. The number of carbonyl (C=O) groups is 1. The minimum absolute atomic E-state index is 0.0521. The van der Waals surface area contributed by atoms with Crippen LogP contribution in [0.1, 0.15) is 21.5 Å². The van der Waals surface area contributed by atoms with Gasteiger partial charge < -0.3 is 4.74 Å². The Hall–Kier alpha value is -2.95. The van der Waals surface area contributed by atoms with Crippen molar-refractivity contribution in [2.45, 2.75) is 6.92 Å². The van der Waals surface area contributed by atoms with Gasteiger partial charge in [-0.25, -0.2) is 0 Å². The van der Waals surface area contributed by atoms with Crippen LogP contribution in [-0.4, -0.2) is 17.8 Å². The van der Waals surface area contributed by atoms with Crippen molar-refractivity contribution in [3.8, 4) is 5.75 Å². The van der Waals surface area contributed by atoms with Crippen LogP contribution in [0.4, 0.5) is 5.69 Å². The number of ether oxygens (including phenoxy) is 1. The van der Waals surface area contributed by atoms with Gasteiger partial charge in [-0.15, -0.1) is 0 Å². The first kappa shape index (κ1) is 15.4. The molecule has 2 aromatic carbocycles. The van der Waals surface area contributed by atoms with Gasteiger partial charge in [0.1, 0.15) is 5.75 Å². The number of hydrogen-bond donors (Lipinski definition) is 0. The Labute approximate surface area is 128 Å². The third-order valence-electron chi connectivity index (χ3n) is 3.23. The third kappa shape index (κ3) is 3.58. The summed E-state index contributed by atoms with van der Waals surface area (Å²) in [7, 11) is 1.58. The molecule has 112 valence electrons. The smallest absolute Gasteiger partial charge is 0.273 e. The van der Waals surface area contributed by atoms with Crippen LogP contribution in [-0.2, 0) is 0 Å². The molecule has 0 aromatic heterocycles. The molecular formula is C17H15NO4. The number of nitro benzene ring substituents is 1. The predicted molar refractivity (Wildman–Crippen MR) is 84.2 cm³/mol. The molecule has 0 spiro atoms. The van der Waals surface area contributed by atoms with Crippen molar-refractivity contribution in [2.75, 3.05) is 7.11 Å². The Kier molecular flexibility index (Phi) is 4.68. The predicted octanol–water partition coefficient (Wildman–Crippen LogP) is 3.81. The summed E-state index contributed by atoms with van der Waals surface area (Å²) in [5, 5.41) is 10.9. The van der Waals surface area contributed by atoms with Crippen molar-refractivity contribution >= 4 is 17.5 Å². The molecule has 2 aromatic rings. The normalized spacial score (nSPS) is 10.6. The van der Waals surface area contributed by atoms with Crippen LogP contribution >= 0.6 is 0 Å². The second-order valence-corrected chi connectivity index (χ2v) is 4.73. The maximum Gasteiger partial charge on any atom is 0.273 e. The van der Waals surface area contributed by atoms with Crippen LogP contribution in [0.5, 0.6) is 5.75 Å². The standard InChI is InChI=1S/C17H15NO4/c1-12-3-7-14(11-16(12)18(20)21)17(19)10-6-13-4-8-15(22-2)9-5-13/h3-11H,1-2H3/b10-6+. The number of carbonyl (C=O) groups excluding carboxylic acids is 1. The number of allylic oxidation sites excluding steroid dienone is 1. The highest BCUT2D eigenvalue weighted by molar-refractivity contribution is 6.07. The highest BCUT2D eigenvalue weighted by Gasteiger charge is 2.13. The van der Waals surface area contributed by atoms with E-state index in [0.717, 1.165) is 11.3 Å². The summed E-state index contributed by atoms with van der Waals surface area (Å²) in [6.07, 6.45) is 3.06. The molecule has 0 heterocycles. The number of ketones is 1. The number of nitro groups is 1. The molecule has 0 bridgehead atoms. The monoisotopic (exact) mass is 297 g/mol. The molecule has 0 amide bonds. The molecule has 5 heteroatoms. The molecule has 0 saturated heterocycles. The van der Waals surface area contributed by atoms with Crippen LogP contribution in [0, 0.1) is 17.0 Å². The number of hydrogen-bond acceptors (Lipinski definition) is 4. The molecule has 0 fully saturated rings. The zero-order valence-corrected chi connectivity index (χ0v) is 12.3. The fraction of sp³-hybridized carbons (Fsp3) is 0.118. The largest absolute Gasteiger partial charge is 0.497 e. The molecule has 0 radical (unpaired) electrons. The van der Waals surface area contributed by atoms with Gasteiger partial charge in [0.15, 0.2) is 5.78 Å². The van der Waals surface area contributed by atoms with Gasteiger partial charge in [-0.05, 0) is 30.7 Å². The fourth-order valence-electron chi connectivity index (χ4n) is 1.94. The Balaban J connectivity index is 2.19. The quantitative estimate of drug-likeness (QED) is 0.364. The lowest BCUT2D eigenvalue weighted by atomic mass is 10.1. The van der Waals surface area contributed by atoms with E-state index in [2.05, 4.69) is 0 Å². The molecular weight excluding hydrogens is 282 g/mol. The van der Waals surface area contributed by atoms with Gasteiger partial charge in [0.25, 0.3) is 5.69 Å². The molecule has 0 N–H and O–H groups in total. The third-order valence-corrected chi connectivity index (χ3v) is 3.23. The summed E-state index contributed by atoms with van der Waals surface area (Å²) in [5.41, 5.74) is 1.61. The van der Waals surface area contributed by atoms with E-state index in [9.17, 15) is 14.9 Å². The van der Waals surface area contributed by atoms with Crippen LogP contribution in [0.15, 0.2) is 48.5 Å². The maximum absolute atomic E-state index is 12.1. The van der Waals surface area contributed by atoms with Crippen molar-refractivity contribution < 1.29 is 14.5 Å². The molecule has 0 aliphatic heterocycles. The number of aryl methyl sites for hydroxylation is 1. The zero-order chi connectivity index (χ0) is 16.1. The van der Waals surface area contributed by atoms with E-state index in [-0.39, 0.29) is 11.5 Å². The van der Waals surface area contributed by atoms with Crippen molar-refractivity contribution in [1.29, 1.82) is 0 Å². The van der Waals surface area contributed by atoms with Crippen molar-refractivity contribution in [3.05, 3.63) is 75.3 Å². The van der Waals surface area contributed by atoms with E-state index in [1.807, 2.05) is 12.1 Å². The molecule has 0 atom stereocenters. The van der Waals surface area contributed by atoms with E-state index in [1.165, 1.54) is 12.1 Å². The lowest BCUT2D eigenvalue weighted by Crippen LogP contribution is -1.98. The minimum atomic E-state index is -0.487. The first-order valence-corrected chi connectivity index (χ1v) is 6.63. The summed E-state index contributed by atoms with van der Waals surface area (Å²) in [4.78, 5) is 22.5. The van der Waals surface area contributed by atoms with Crippen LogP contribution < -0.4 is 4.74 Å². The topological polar surface area (TPSA) is 69.4 Å². The zero-order valence-electron chi connectivity index (χ0n) is 12.3. The molecule has 5 nitrogen and oxygen atoms in total. The van der Waals surface area contributed by atoms with Crippen LogP contribution in [0.2, 0.25) is 0 Å². The van der Waals surface area contributed by atoms with Crippen molar-refractivity contribution in [2.24, 2.45) is 0 Å². The molecule has 22 heavy (non-hydrogen) atoms. The fourth-order valence-corrected chi connectivity index (χ4v) is 1.94. The van der Waals surface area contributed by atoms with Crippen LogP contribution in [0.3, 0.4) is 0 Å². The summed E-state index contributed by atoms with van der Waals surface area (Å²) in [6, 6.07) is 11.7. The first-order chi connectivity index (χ1) is 10.5. The van der Waals surface area contributed by atoms with E-state index in [0.29, 0.717) is 11.1 Å². The van der Waals surface area contributed by atoms with Gasteiger partial charge in [-0.2, -0.15) is 0 Å². The van der Waals surface area contributed by atoms with Crippen molar-refractivity contribution in [1.82, 2.24) is 0 Å². The first-order valence-electron chi connectivity index (χ1n) is 6.63. The molecule has 2 rings (SSSR count). The highest BCUT2D eigenvalue weighted by Crippen LogP contribution is 2.20. The van der Waals surface area contributed by atoms with Gasteiger partial charge in [0.05, 0.1) is 12.0 Å². The Morgan fingerprint density at radius 2 is 1.86 bits per heavy atom. The number of benzene rings is 2. The average molecular weight is 297 g/mol. The van der Waals surface area contributed by atoms with Gasteiger partial charge in [-0.1, -0.05) is 30.3 Å². The van der Waals surface area contributed by atoms with E-state index in [1.54, 1.807) is 44.4 Å². The van der Waals surface area contributed by atoms with E-state index in [4.69, 9.17) is 4.74 Å². The minimum Gasteiger partial charge on any atom is -0.497 e. The Bertz CT molecular complexity index is 733. The van der Waals surface area contributed by atoms with Crippen molar-refractivity contribution in [3.63, 3.8) is 0 Å². The second kappa shape index (κ2) is 6.67. The lowest BCUT2D eigenvalue weighted by Gasteiger charge is -2.00. The van der Waals surface area contributed by atoms with Gasteiger partial charge in [0, 0.05) is 17.2 Å². The summed E-state index contributed by atoms with van der Waals surface area (Å²) in [5.74, 6) is 0.455. The summed E-state index contributed by atoms with van der Waals surface area (Å²) < 4.78 is 5.06. The van der Waals surface area contributed by atoms with Gasteiger partial charge >= 0.3 is 0 Å². The second-order valence-electron chi connectivity index (χ2n) is 4.73. The van der Waals surface area contributed by atoms with E-state index >= 15 is 0 Å². The summed E-state index contributed by atoms with van der Waals surface area (Å²) in [6.45, 7) is 1.64. The highest BCUT2D eigenvalue weighted by atomic mass is 16.6. The van der Waals surface area contributed by atoms with Gasteiger partial charge in [0.2, 0.25) is 0 Å². The van der Waals surface area contributed by atoms with E-state index < -0.39 is 4.92 Å². The molecule has 0 aliphatic carbocycles. The Morgan fingerprint density at radius 3 is 2.45 bits per heavy atom. The molecule has 0 saturated carbocycles.